The van der Waals surface area contributed by atoms with Crippen LogP contribution in [0.3, 0.4) is 0 Å². The van der Waals surface area contributed by atoms with Crippen LogP contribution in [0.5, 0.6) is 5.75 Å². The van der Waals surface area contributed by atoms with Crippen LogP contribution in [0.1, 0.15) is 2.85 Å². The van der Waals surface area contributed by atoms with E-state index in [4.69, 9.17) is 9.66 Å². The van der Waals surface area contributed by atoms with Gasteiger partial charge in [0.15, 0.2) is 0 Å². The quantitative estimate of drug-likeness (QED) is 0.584. The third kappa shape index (κ3) is 3.48. The fourth-order valence-electron chi connectivity index (χ4n) is 0.618. The minimum absolute atomic E-state index is 0. The van der Waals surface area contributed by atoms with Crippen molar-refractivity contribution in [2.45, 2.75) is 4.90 Å². The van der Waals surface area contributed by atoms with Crippen molar-refractivity contribution >= 4 is 59.0 Å². The van der Waals surface area contributed by atoms with Crippen LogP contribution in [-0.4, -0.2) is 67.0 Å². The van der Waals surface area contributed by atoms with Crippen molar-refractivity contribution in [3.63, 3.8) is 0 Å². The summed E-state index contributed by atoms with van der Waals surface area (Å²) >= 11 is 0. The van der Waals surface area contributed by atoms with Gasteiger partial charge in [0.2, 0.25) is 0 Å². The second-order valence-corrected chi connectivity index (χ2v) is 3.39. The Morgan fingerprint density at radius 1 is 1.17 bits per heavy atom. The van der Waals surface area contributed by atoms with E-state index in [0.717, 1.165) is 12.1 Å². The van der Waals surface area contributed by atoms with E-state index in [2.05, 4.69) is 0 Å². The van der Waals surface area contributed by atoms with Crippen molar-refractivity contribution in [1.82, 2.24) is 0 Å². The summed E-state index contributed by atoms with van der Waals surface area (Å²) in [7, 11) is -4.13. The largest absolute Gasteiger partial charge is 2.00 e. The van der Waals surface area contributed by atoms with Gasteiger partial charge < -0.3 is 7.96 Å². The Balaban J connectivity index is -0.000000403. The van der Waals surface area contributed by atoms with Crippen molar-refractivity contribution < 1.29 is 20.9 Å². The van der Waals surface area contributed by atoms with Gasteiger partial charge in [0.05, 0.1) is 4.90 Å². The average Bonchev–Trinajstić information content (AvgIpc) is 1.86. The smallest absolute Gasteiger partial charge is 1.00 e. The standard InChI is InChI=1S/C6H6O4S.Ba.2H/c7-5-1-3-6(4-2-5)11(8,9)10;;;/h1-4,7H,(H,8,9,10);;;/q;+2;2*-1. The minimum atomic E-state index is -4.13. The molecule has 0 bridgehead atoms. The Bertz CT molecular complexity index is 351. The molecule has 0 saturated heterocycles. The number of aromatic hydroxyl groups is 1. The summed E-state index contributed by atoms with van der Waals surface area (Å²) in [5.41, 5.74) is 0. The predicted molar refractivity (Wildman–Crippen MR) is 45.9 cm³/mol. The molecule has 4 nitrogen and oxygen atoms in total. The zero-order valence-corrected chi connectivity index (χ0v) is 11.4. The van der Waals surface area contributed by atoms with Crippen molar-refractivity contribution in [2.75, 3.05) is 0 Å². The van der Waals surface area contributed by atoms with Gasteiger partial charge in [-0.3, -0.25) is 4.55 Å². The van der Waals surface area contributed by atoms with Gasteiger partial charge in [-0.1, -0.05) is 0 Å². The molecule has 0 heterocycles. The molecular formula is C6H8BaO4S. The van der Waals surface area contributed by atoms with Gasteiger partial charge in [0.1, 0.15) is 5.75 Å². The fourth-order valence-corrected chi connectivity index (χ4v) is 1.10. The molecular weight excluding hydrogens is 305 g/mol. The van der Waals surface area contributed by atoms with E-state index in [1.165, 1.54) is 12.1 Å². The Hall–Kier alpha value is 0.501. The van der Waals surface area contributed by atoms with E-state index in [-0.39, 0.29) is 62.4 Å². The summed E-state index contributed by atoms with van der Waals surface area (Å²) in [6.45, 7) is 0. The molecule has 12 heavy (non-hydrogen) atoms. The molecule has 6 heteroatoms. The van der Waals surface area contributed by atoms with Crippen LogP contribution in [0, 0.1) is 0 Å². The summed E-state index contributed by atoms with van der Waals surface area (Å²) in [4.78, 5) is -0.227. The number of rotatable bonds is 1. The van der Waals surface area contributed by atoms with Crippen LogP contribution in [0.4, 0.5) is 0 Å². The summed E-state index contributed by atoms with van der Waals surface area (Å²) in [5, 5.41) is 8.75. The predicted octanol–water partition coefficient (Wildman–Crippen LogP) is 0.483. The Labute approximate surface area is 113 Å². The number of hydrogen-bond acceptors (Lipinski definition) is 3. The van der Waals surface area contributed by atoms with E-state index in [0.29, 0.717) is 0 Å². The monoisotopic (exact) mass is 314 g/mol. The summed E-state index contributed by atoms with van der Waals surface area (Å²) in [6.07, 6.45) is 0. The summed E-state index contributed by atoms with van der Waals surface area (Å²) in [5.74, 6) is -0.0441. The van der Waals surface area contributed by atoms with Gasteiger partial charge in [0.25, 0.3) is 10.1 Å². The Morgan fingerprint density at radius 3 is 1.92 bits per heavy atom. The van der Waals surface area contributed by atoms with Crippen LogP contribution in [-0.2, 0) is 10.1 Å². The van der Waals surface area contributed by atoms with Gasteiger partial charge in [-0.2, -0.15) is 8.42 Å². The molecule has 64 valence electrons. The molecule has 0 amide bonds. The number of benzene rings is 1. The molecule has 1 rings (SSSR count). The molecule has 1 aromatic carbocycles. The zero-order valence-electron chi connectivity index (χ0n) is 8.14. The molecule has 1 aromatic rings. The molecule has 0 radical (unpaired) electrons. The minimum Gasteiger partial charge on any atom is -1.00 e. The van der Waals surface area contributed by atoms with E-state index < -0.39 is 10.1 Å². The summed E-state index contributed by atoms with van der Waals surface area (Å²) in [6, 6.07) is 4.60. The van der Waals surface area contributed by atoms with Crippen LogP contribution in [0.25, 0.3) is 0 Å². The molecule has 0 aliphatic rings. The van der Waals surface area contributed by atoms with Gasteiger partial charge in [-0.25, -0.2) is 0 Å². The third-order valence-electron chi connectivity index (χ3n) is 1.13. The van der Waals surface area contributed by atoms with Crippen molar-refractivity contribution in [3.05, 3.63) is 24.3 Å². The van der Waals surface area contributed by atoms with Crippen LogP contribution in [0.2, 0.25) is 0 Å². The van der Waals surface area contributed by atoms with Crippen molar-refractivity contribution in [3.8, 4) is 5.75 Å². The molecule has 0 spiro atoms. The third-order valence-corrected chi connectivity index (χ3v) is 2.00. The Kier molecular flexibility index (Phi) is 4.85. The molecule has 2 N–H and O–H groups in total. The van der Waals surface area contributed by atoms with Gasteiger partial charge in [0, 0.05) is 0 Å². The number of phenols is 1. The molecule has 0 aliphatic heterocycles. The van der Waals surface area contributed by atoms with Crippen molar-refractivity contribution in [1.29, 1.82) is 0 Å². The fraction of sp³-hybridized carbons (Fsp3) is 0. The topological polar surface area (TPSA) is 74.6 Å². The molecule has 0 aromatic heterocycles. The van der Waals surface area contributed by atoms with Crippen LogP contribution >= 0.6 is 0 Å². The Morgan fingerprint density at radius 2 is 1.58 bits per heavy atom. The van der Waals surface area contributed by atoms with E-state index in [1.54, 1.807) is 0 Å². The number of phenolic OH excluding ortho intramolecular Hbond substituents is 1. The summed E-state index contributed by atoms with van der Waals surface area (Å²) < 4.78 is 29.3. The molecule has 0 fully saturated rings. The van der Waals surface area contributed by atoms with Gasteiger partial charge in [-0.05, 0) is 24.3 Å². The van der Waals surface area contributed by atoms with Crippen molar-refractivity contribution in [2.24, 2.45) is 0 Å². The number of hydrogen-bond donors (Lipinski definition) is 2. The first-order chi connectivity index (χ1) is 5.00. The maximum atomic E-state index is 10.4. The first-order valence-electron chi connectivity index (χ1n) is 2.77. The molecule has 0 saturated carbocycles. The van der Waals surface area contributed by atoms with E-state index in [1.807, 2.05) is 0 Å². The van der Waals surface area contributed by atoms with Gasteiger partial charge in [-0.15, -0.1) is 0 Å². The van der Waals surface area contributed by atoms with E-state index >= 15 is 0 Å². The normalized spacial score (nSPS) is 10.4. The second-order valence-electron chi connectivity index (χ2n) is 1.97. The van der Waals surface area contributed by atoms with Crippen LogP contribution < -0.4 is 0 Å². The zero-order chi connectivity index (χ0) is 8.48. The van der Waals surface area contributed by atoms with E-state index in [9.17, 15) is 8.42 Å². The first kappa shape index (κ1) is 12.5. The maximum absolute atomic E-state index is 10.4. The maximum Gasteiger partial charge on any atom is 2.00 e. The van der Waals surface area contributed by atoms with Crippen LogP contribution in [0.15, 0.2) is 29.2 Å². The van der Waals surface area contributed by atoms with Gasteiger partial charge >= 0.3 is 48.9 Å². The second kappa shape index (κ2) is 4.66. The average molecular weight is 314 g/mol. The molecule has 0 unspecified atom stereocenters. The SMILES string of the molecule is O=S(=O)(O)c1ccc(O)cc1.[Ba+2].[H-].[H-]. The molecule has 0 atom stereocenters. The molecule has 0 aliphatic carbocycles. The first-order valence-corrected chi connectivity index (χ1v) is 4.21.